The van der Waals surface area contributed by atoms with E-state index in [4.69, 9.17) is 14.5 Å². The van der Waals surface area contributed by atoms with E-state index in [0.29, 0.717) is 46.1 Å². The van der Waals surface area contributed by atoms with Gasteiger partial charge in [0.05, 0.1) is 23.7 Å². The Balaban J connectivity index is 1.57. The Labute approximate surface area is 233 Å². The number of ether oxygens (including phenoxy) is 2. The summed E-state index contributed by atoms with van der Waals surface area (Å²) in [5, 5.41) is 7.61. The summed E-state index contributed by atoms with van der Waals surface area (Å²) in [6.07, 6.45) is 2.35. The standard InChI is InChI=1S/C29H28BrFN4O4/c1-4-18(3)28-34-24-12-7-20(30)15-23(24)29(37)35(28)32-16-19-6-13-25(26(14-19)38-5-2)39-17-27(36)33-22-10-8-21(31)9-11-22/h6-16,18H,4-5,17H2,1-3H3,(H,33,36)/t18-/m1/s1. The third-order valence-electron chi connectivity index (χ3n) is 5.96. The summed E-state index contributed by atoms with van der Waals surface area (Å²) in [6.45, 7) is 5.98. The van der Waals surface area contributed by atoms with Crippen LogP contribution in [0.15, 0.2) is 75.0 Å². The summed E-state index contributed by atoms with van der Waals surface area (Å²) in [7, 11) is 0. The first-order valence-electron chi connectivity index (χ1n) is 12.5. The minimum atomic E-state index is -0.401. The molecule has 1 amide bonds. The Kier molecular flexibility index (Phi) is 9.08. The lowest BCUT2D eigenvalue weighted by molar-refractivity contribution is -0.118. The second kappa shape index (κ2) is 12.7. The van der Waals surface area contributed by atoms with Gasteiger partial charge in [-0.05, 0) is 79.6 Å². The van der Waals surface area contributed by atoms with Crippen molar-refractivity contribution in [1.82, 2.24) is 9.66 Å². The fourth-order valence-corrected chi connectivity index (χ4v) is 4.13. The number of nitrogens with zero attached hydrogens (tertiary/aromatic N) is 3. The number of anilines is 1. The summed E-state index contributed by atoms with van der Waals surface area (Å²) in [4.78, 5) is 30.4. The van der Waals surface area contributed by atoms with Crippen LogP contribution in [0.2, 0.25) is 0 Å². The van der Waals surface area contributed by atoms with Crippen molar-refractivity contribution in [2.24, 2.45) is 5.10 Å². The quantitative estimate of drug-likeness (QED) is 0.223. The molecule has 1 N–H and O–H groups in total. The molecule has 0 bridgehead atoms. The molecule has 0 fully saturated rings. The zero-order valence-electron chi connectivity index (χ0n) is 21.8. The van der Waals surface area contributed by atoms with E-state index in [0.717, 1.165) is 10.9 Å². The second-order valence-corrected chi connectivity index (χ2v) is 9.70. The van der Waals surface area contributed by atoms with Crippen LogP contribution in [0.1, 0.15) is 44.5 Å². The first kappa shape index (κ1) is 28.0. The van der Waals surface area contributed by atoms with E-state index in [1.807, 2.05) is 32.9 Å². The predicted molar refractivity (Wildman–Crippen MR) is 154 cm³/mol. The Morgan fingerprint density at radius 2 is 1.87 bits per heavy atom. The molecular weight excluding hydrogens is 567 g/mol. The number of fused-ring (bicyclic) bond motifs is 1. The van der Waals surface area contributed by atoms with Crippen LogP contribution in [0.4, 0.5) is 10.1 Å². The molecule has 8 nitrogen and oxygen atoms in total. The normalized spacial score (nSPS) is 12.0. The molecular formula is C29H28BrFN4O4. The van der Waals surface area contributed by atoms with Crippen molar-refractivity contribution in [3.8, 4) is 11.5 Å². The fraction of sp³-hybridized carbons (Fsp3) is 0.241. The molecule has 3 aromatic carbocycles. The third kappa shape index (κ3) is 6.88. The minimum Gasteiger partial charge on any atom is -0.490 e. The summed E-state index contributed by atoms with van der Waals surface area (Å²) in [5.74, 6) is 0.593. The van der Waals surface area contributed by atoms with Crippen molar-refractivity contribution < 1.29 is 18.7 Å². The van der Waals surface area contributed by atoms with Gasteiger partial charge in [-0.2, -0.15) is 9.78 Å². The van der Waals surface area contributed by atoms with Gasteiger partial charge < -0.3 is 14.8 Å². The number of benzene rings is 3. The number of hydrogen-bond donors (Lipinski definition) is 1. The zero-order valence-corrected chi connectivity index (χ0v) is 23.4. The lowest BCUT2D eigenvalue weighted by atomic mass is 10.1. The molecule has 0 saturated heterocycles. The van der Waals surface area contributed by atoms with Crippen LogP contribution < -0.4 is 20.3 Å². The van der Waals surface area contributed by atoms with Crippen LogP contribution in [-0.2, 0) is 4.79 Å². The Hall–Kier alpha value is -4.05. The van der Waals surface area contributed by atoms with Gasteiger partial charge in [0.15, 0.2) is 18.1 Å². The smallest absolute Gasteiger partial charge is 0.282 e. The van der Waals surface area contributed by atoms with Crippen molar-refractivity contribution in [2.45, 2.75) is 33.1 Å². The van der Waals surface area contributed by atoms with Gasteiger partial charge in [0.2, 0.25) is 0 Å². The molecule has 0 spiro atoms. The molecule has 4 aromatic rings. The SMILES string of the molecule is CCOc1cc(C=Nn2c([C@H](C)CC)nc3ccc(Br)cc3c2=O)ccc1OCC(=O)Nc1ccc(F)cc1. The molecule has 10 heteroatoms. The Morgan fingerprint density at radius 1 is 1.10 bits per heavy atom. The van der Waals surface area contributed by atoms with Gasteiger partial charge in [-0.3, -0.25) is 9.59 Å². The molecule has 0 saturated carbocycles. The van der Waals surface area contributed by atoms with E-state index < -0.39 is 5.91 Å². The molecule has 1 atom stereocenters. The molecule has 0 aliphatic heterocycles. The van der Waals surface area contributed by atoms with Crippen LogP contribution >= 0.6 is 15.9 Å². The van der Waals surface area contributed by atoms with Crippen LogP contribution in [-0.4, -0.2) is 35.0 Å². The maximum atomic E-state index is 13.4. The number of halogens is 2. The molecule has 202 valence electrons. The highest BCUT2D eigenvalue weighted by atomic mass is 79.9. The molecule has 0 radical (unpaired) electrons. The maximum Gasteiger partial charge on any atom is 0.282 e. The molecule has 0 unspecified atom stereocenters. The van der Waals surface area contributed by atoms with Crippen molar-refractivity contribution in [2.75, 3.05) is 18.5 Å². The second-order valence-electron chi connectivity index (χ2n) is 8.79. The summed E-state index contributed by atoms with van der Waals surface area (Å²) in [6, 6.07) is 16.0. The van der Waals surface area contributed by atoms with E-state index in [9.17, 15) is 14.0 Å². The molecule has 4 rings (SSSR count). The number of carbonyl (C=O) groups excluding carboxylic acids is 1. The molecule has 39 heavy (non-hydrogen) atoms. The van der Waals surface area contributed by atoms with Gasteiger partial charge in [-0.25, -0.2) is 9.37 Å². The number of nitrogens with one attached hydrogen (secondary N) is 1. The van der Waals surface area contributed by atoms with E-state index in [2.05, 4.69) is 26.3 Å². The lowest BCUT2D eigenvalue weighted by Crippen LogP contribution is -2.23. The van der Waals surface area contributed by atoms with Gasteiger partial charge in [-0.15, -0.1) is 0 Å². The number of carbonyl (C=O) groups is 1. The highest BCUT2D eigenvalue weighted by Gasteiger charge is 2.16. The van der Waals surface area contributed by atoms with E-state index in [1.54, 1.807) is 30.5 Å². The van der Waals surface area contributed by atoms with Crippen LogP contribution in [0.5, 0.6) is 11.5 Å². The first-order chi connectivity index (χ1) is 18.8. The number of amides is 1. The maximum absolute atomic E-state index is 13.4. The highest BCUT2D eigenvalue weighted by molar-refractivity contribution is 9.10. The third-order valence-corrected chi connectivity index (χ3v) is 6.46. The van der Waals surface area contributed by atoms with Crippen LogP contribution in [0, 0.1) is 5.82 Å². The van der Waals surface area contributed by atoms with E-state index in [1.165, 1.54) is 28.9 Å². The van der Waals surface area contributed by atoms with Crippen molar-refractivity contribution in [3.63, 3.8) is 0 Å². The first-order valence-corrected chi connectivity index (χ1v) is 13.3. The average molecular weight is 595 g/mol. The molecule has 0 aliphatic rings. The molecule has 0 aliphatic carbocycles. The molecule has 1 heterocycles. The fourth-order valence-electron chi connectivity index (χ4n) is 3.77. The monoisotopic (exact) mass is 594 g/mol. The summed E-state index contributed by atoms with van der Waals surface area (Å²) >= 11 is 3.42. The largest absolute Gasteiger partial charge is 0.490 e. The van der Waals surface area contributed by atoms with Crippen molar-refractivity contribution in [1.29, 1.82) is 0 Å². The highest BCUT2D eigenvalue weighted by Crippen LogP contribution is 2.28. The van der Waals surface area contributed by atoms with Crippen molar-refractivity contribution in [3.05, 3.63) is 92.7 Å². The number of aromatic nitrogens is 2. The van der Waals surface area contributed by atoms with Gasteiger partial charge in [0.25, 0.3) is 11.5 Å². The van der Waals surface area contributed by atoms with Gasteiger partial charge in [0.1, 0.15) is 11.6 Å². The van der Waals surface area contributed by atoms with Crippen LogP contribution in [0.25, 0.3) is 10.9 Å². The zero-order chi connectivity index (χ0) is 27.9. The van der Waals surface area contributed by atoms with Crippen molar-refractivity contribution >= 4 is 44.6 Å². The Bertz CT molecular complexity index is 1570. The van der Waals surface area contributed by atoms with E-state index >= 15 is 0 Å². The van der Waals surface area contributed by atoms with Gasteiger partial charge in [0, 0.05) is 16.1 Å². The number of hydrogen-bond acceptors (Lipinski definition) is 6. The predicted octanol–water partition coefficient (Wildman–Crippen LogP) is 6.11. The van der Waals surface area contributed by atoms with Gasteiger partial charge in [-0.1, -0.05) is 29.8 Å². The minimum absolute atomic E-state index is 0.0127. The lowest BCUT2D eigenvalue weighted by Gasteiger charge is -2.14. The molecule has 1 aromatic heterocycles. The number of rotatable bonds is 10. The summed E-state index contributed by atoms with van der Waals surface area (Å²) in [5.41, 5.74) is 1.49. The average Bonchev–Trinajstić information content (AvgIpc) is 2.93. The summed E-state index contributed by atoms with van der Waals surface area (Å²) < 4.78 is 26.6. The van der Waals surface area contributed by atoms with Crippen LogP contribution in [0.3, 0.4) is 0 Å². The Morgan fingerprint density at radius 3 is 2.59 bits per heavy atom. The topological polar surface area (TPSA) is 94.8 Å². The van der Waals surface area contributed by atoms with Gasteiger partial charge >= 0.3 is 0 Å². The van der Waals surface area contributed by atoms with E-state index in [-0.39, 0.29) is 23.9 Å².